The molecule has 2 aromatic carbocycles. The maximum atomic E-state index is 13.9. The monoisotopic (exact) mass is 508 g/mol. The first-order valence-corrected chi connectivity index (χ1v) is 12.1. The minimum absolute atomic E-state index is 0.00429. The van der Waals surface area contributed by atoms with Crippen LogP contribution in [0, 0.1) is 22.6 Å². The number of urea groups is 1. The number of aryl methyl sites for hydroxylation is 1. The summed E-state index contributed by atoms with van der Waals surface area (Å²) in [7, 11) is 1.73. The SMILES string of the molecule is CCOCCCn1c(NC(=O)Nc2ccc(C#N)c(F)c2)nc2cc(N(C)C(=O)CC(C)(C)C)ccc21. The molecule has 37 heavy (non-hydrogen) atoms. The van der Waals surface area contributed by atoms with Gasteiger partial charge in [0, 0.05) is 44.6 Å². The lowest BCUT2D eigenvalue weighted by molar-refractivity contribution is -0.120. The lowest BCUT2D eigenvalue weighted by Crippen LogP contribution is -2.29. The molecule has 0 saturated carbocycles. The van der Waals surface area contributed by atoms with E-state index in [4.69, 9.17) is 10.00 Å². The predicted octanol–water partition coefficient (Wildman–Crippen LogP) is 5.52. The van der Waals surface area contributed by atoms with Gasteiger partial charge in [-0.05, 0) is 55.2 Å². The molecule has 3 rings (SSSR count). The number of ether oxygens (including phenoxy) is 1. The quantitative estimate of drug-likeness (QED) is 0.370. The molecule has 0 unspecified atom stereocenters. The molecule has 3 aromatic rings. The standard InChI is InChI=1S/C27H33FN6O3/c1-6-37-13-7-12-34-23-11-10-20(33(5)24(35)16-27(2,3)4)15-22(23)31-25(34)32-26(36)30-19-9-8-18(17-29)21(28)14-19/h8-11,14-15H,6-7,12-13,16H2,1-5H3,(H2,30,31,32,36). The first-order valence-electron chi connectivity index (χ1n) is 12.1. The van der Waals surface area contributed by atoms with Crippen molar-refractivity contribution in [2.75, 3.05) is 35.8 Å². The maximum absolute atomic E-state index is 13.9. The number of anilines is 3. The molecule has 0 spiro atoms. The van der Waals surface area contributed by atoms with Crippen molar-refractivity contribution in [3.05, 3.63) is 47.8 Å². The smallest absolute Gasteiger partial charge is 0.326 e. The number of imidazole rings is 1. The Morgan fingerprint density at radius 1 is 1.19 bits per heavy atom. The van der Waals surface area contributed by atoms with Crippen LogP contribution >= 0.6 is 0 Å². The van der Waals surface area contributed by atoms with Crippen molar-refractivity contribution in [3.8, 4) is 6.07 Å². The molecule has 3 amide bonds. The molecule has 0 bridgehead atoms. The number of hydrogen-bond donors (Lipinski definition) is 2. The highest BCUT2D eigenvalue weighted by atomic mass is 19.1. The Morgan fingerprint density at radius 3 is 2.59 bits per heavy atom. The van der Waals surface area contributed by atoms with Crippen LogP contribution in [0.2, 0.25) is 0 Å². The predicted molar refractivity (Wildman–Crippen MR) is 142 cm³/mol. The number of amides is 3. The van der Waals surface area contributed by atoms with Crippen LogP contribution < -0.4 is 15.5 Å². The molecule has 1 aromatic heterocycles. The zero-order valence-electron chi connectivity index (χ0n) is 21.9. The molecule has 0 atom stereocenters. The molecule has 0 aliphatic heterocycles. The Kier molecular flexibility index (Phi) is 8.84. The Balaban J connectivity index is 1.86. The van der Waals surface area contributed by atoms with E-state index < -0.39 is 11.8 Å². The number of halogens is 1. The number of carbonyl (C=O) groups is 2. The molecular weight excluding hydrogens is 475 g/mol. The Hall–Kier alpha value is -3.97. The molecule has 0 fully saturated rings. The van der Waals surface area contributed by atoms with Crippen LogP contribution in [0.5, 0.6) is 0 Å². The average molecular weight is 509 g/mol. The molecule has 0 radical (unpaired) electrons. The first kappa shape index (κ1) is 27.6. The Bertz CT molecular complexity index is 1320. The van der Waals surface area contributed by atoms with Gasteiger partial charge < -0.3 is 19.5 Å². The molecule has 0 aliphatic rings. The minimum atomic E-state index is -0.721. The lowest BCUT2D eigenvalue weighted by Gasteiger charge is -2.23. The highest BCUT2D eigenvalue weighted by Crippen LogP contribution is 2.27. The number of rotatable bonds is 9. The van der Waals surface area contributed by atoms with Gasteiger partial charge in [-0.25, -0.2) is 14.2 Å². The van der Waals surface area contributed by atoms with Crippen molar-refractivity contribution in [1.82, 2.24) is 9.55 Å². The van der Waals surface area contributed by atoms with Crippen molar-refractivity contribution in [2.45, 2.75) is 47.1 Å². The number of aromatic nitrogens is 2. The summed E-state index contributed by atoms with van der Waals surface area (Å²) in [6, 6.07) is 10.5. The first-order chi connectivity index (χ1) is 17.5. The van der Waals surface area contributed by atoms with E-state index in [2.05, 4.69) is 15.6 Å². The summed E-state index contributed by atoms with van der Waals surface area (Å²) >= 11 is 0. The second kappa shape index (κ2) is 11.8. The number of hydrogen-bond acceptors (Lipinski definition) is 5. The third-order valence-electron chi connectivity index (χ3n) is 5.62. The van der Waals surface area contributed by atoms with E-state index >= 15 is 0 Å². The van der Waals surface area contributed by atoms with E-state index in [-0.39, 0.29) is 22.6 Å². The molecule has 196 valence electrons. The van der Waals surface area contributed by atoms with Gasteiger partial charge in [-0.1, -0.05) is 20.8 Å². The Morgan fingerprint density at radius 2 is 1.95 bits per heavy atom. The average Bonchev–Trinajstić information content (AvgIpc) is 3.16. The Labute approximate surface area is 216 Å². The number of benzene rings is 2. The summed E-state index contributed by atoms with van der Waals surface area (Å²) in [5.41, 5.74) is 2.06. The van der Waals surface area contributed by atoms with Crippen molar-refractivity contribution >= 4 is 40.3 Å². The largest absolute Gasteiger partial charge is 0.382 e. The van der Waals surface area contributed by atoms with Gasteiger partial charge in [0.25, 0.3) is 0 Å². The van der Waals surface area contributed by atoms with Crippen LogP contribution in [-0.4, -0.2) is 41.8 Å². The van der Waals surface area contributed by atoms with Gasteiger partial charge in [0.1, 0.15) is 11.9 Å². The molecule has 1 heterocycles. The number of carbonyl (C=O) groups excluding carboxylic acids is 2. The van der Waals surface area contributed by atoms with E-state index in [9.17, 15) is 14.0 Å². The van der Waals surface area contributed by atoms with Crippen molar-refractivity contribution in [1.29, 1.82) is 5.26 Å². The number of nitriles is 1. The fourth-order valence-corrected chi connectivity index (χ4v) is 3.78. The summed E-state index contributed by atoms with van der Waals surface area (Å²) in [6.07, 6.45) is 1.10. The topological polar surface area (TPSA) is 112 Å². The van der Waals surface area contributed by atoms with Crippen LogP contribution in [0.1, 0.15) is 46.1 Å². The van der Waals surface area contributed by atoms with Crippen molar-refractivity contribution < 1.29 is 18.7 Å². The second-order valence-electron chi connectivity index (χ2n) is 9.89. The van der Waals surface area contributed by atoms with Gasteiger partial charge in [-0.2, -0.15) is 5.26 Å². The van der Waals surface area contributed by atoms with Gasteiger partial charge >= 0.3 is 6.03 Å². The second-order valence-corrected chi connectivity index (χ2v) is 9.89. The number of nitrogens with one attached hydrogen (secondary N) is 2. The highest BCUT2D eigenvalue weighted by molar-refractivity contribution is 6.00. The van der Waals surface area contributed by atoms with Crippen LogP contribution in [0.4, 0.5) is 26.5 Å². The van der Waals surface area contributed by atoms with E-state index in [1.54, 1.807) is 18.0 Å². The molecule has 2 N–H and O–H groups in total. The zero-order valence-corrected chi connectivity index (χ0v) is 21.9. The van der Waals surface area contributed by atoms with E-state index in [0.717, 1.165) is 11.6 Å². The van der Waals surface area contributed by atoms with E-state index in [1.165, 1.54) is 12.1 Å². The number of nitrogens with zero attached hydrogens (tertiary/aromatic N) is 4. The summed E-state index contributed by atoms with van der Waals surface area (Å²) in [5, 5.41) is 14.2. The summed E-state index contributed by atoms with van der Waals surface area (Å²) < 4.78 is 21.3. The van der Waals surface area contributed by atoms with Gasteiger partial charge in [0.15, 0.2) is 0 Å². The van der Waals surface area contributed by atoms with Crippen LogP contribution in [0.15, 0.2) is 36.4 Å². The molecule has 10 heteroatoms. The van der Waals surface area contributed by atoms with Gasteiger partial charge in [0.2, 0.25) is 11.9 Å². The zero-order chi connectivity index (χ0) is 27.2. The third kappa shape index (κ3) is 7.27. The van der Waals surface area contributed by atoms with Crippen molar-refractivity contribution in [2.24, 2.45) is 5.41 Å². The minimum Gasteiger partial charge on any atom is -0.382 e. The normalized spacial score (nSPS) is 11.3. The molecule has 0 aliphatic carbocycles. The third-order valence-corrected chi connectivity index (χ3v) is 5.62. The lowest BCUT2D eigenvalue weighted by atomic mass is 9.91. The highest BCUT2D eigenvalue weighted by Gasteiger charge is 2.21. The van der Waals surface area contributed by atoms with E-state index in [0.29, 0.717) is 49.8 Å². The fraction of sp³-hybridized carbons (Fsp3) is 0.407. The van der Waals surface area contributed by atoms with Crippen molar-refractivity contribution in [3.63, 3.8) is 0 Å². The van der Waals surface area contributed by atoms with Gasteiger partial charge in [0.05, 0.1) is 16.6 Å². The number of fused-ring (bicyclic) bond motifs is 1. The molecule has 0 saturated heterocycles. The maximum Gasteiger partial charge on any atom is 0.326 e. The van der Waals surface area contributed by atoms with Gasteiger partial charge in [-0.3, -0.25) is 10.1 Å². The summed E-state index contributed by atoms with van der Waals surface area (Å²) in [4.78, 5) is 31.7. The van der Waals surface area contributed by atoms with Gasteiger partial charge in [-0.15, -0.1) is 0 Å². The molecular formula is C27H33FN6O3. The van der Waals surface area contributed by atoms with E-state index in [1.807, 2.05) is 50.5 Å². The van der Waals surface area contributed by atoms with Crippen LogP contribution in [0.3, 0.4) is 0 Å². The van der Waals surface area contributed by atoms with Crippen LogP contribution in [0.25, 0.3) is 11.0 Å². The fourth-order valence-electron chi connectivity index (χ4n) is 3.78. The molecule has 9 nitrogen and oxygen atoms in total. The summed E-state index contributed by atoms with van der Waals surface area (Å²) in [6.45, 7) is 9.67. The summed E-state index contributed by atoms with van der Waals surface area (Å²) in [5.74, 6) is -0.421. The van der Waals surface area contributed by atoms with Crippen LogP contribution in [-0.2, 0) is 16.1 Å².